The number of rotatable bonds is 7. The van der Waals surface area contributed by atoms with E-state index in [0.29, 0.717) is 31.5 Å². The molecule has 5 nitrogen and oxygen atoms in total. The predicted octanol–water partition coefficient (Wildman–Crippen LogP) is 4.50. The van der Waals surface area contributed by atoms with Gasteiger partial charge in [0, 0.05) is 20.1 Å². The highest BCUT2D eigenvalue weighted by Gasteiger charge is 2.20. The number of carbonyl (C=O) groups is 2. The summed E-state index contributed by atoms with van der Waals surface area (Å²) in [4.78, 5) is 26.2. The second-order valence-corrected chi connectivity index (χ2v) is 6.28. The van der Waals surface area contributed by atoms with Crippen LogP contribution in [0.5, 0.6) is 0 Å². The van der Waals surface area contributed by atoms with Crippen molar-refractivity contribution >= 4 is 23.6 Å². The Bertz CT molecular complexity index is 559. The smallest absolute Gasteiger partial charge is 0.291 e. The number of amides is 1. The molecule has 0 saturated heterocycles. The first kappa shape index (κ1) is 27.3. The zero-order chi connectivity index (χ0) is 21.6. The number of nitrogens with zero attached hydrogens (tertiary/aromatic N) is 2. The van der Waals surface area contributed by atoms with Crippen LogP contribution >= 0.6 is 0 Å². The summed E-state index contributed by atoms with van der Waals surface area (Å²) in [5.74, 6) is -0.559. The molecule has 1 atom stereocenters. The van der Waals surface area contributed by atoms with Gasteiger partial charge in [-0.25, -0.2) is 0 Å². The Morgan fingerprint density at radius 1 is 1.07 bits per heavy atom. The fourth-order valence-electron chi connectivity index (χ4n) is 2.36. The Kier molecular flexibility index (Phi) is 15.4. The zero-order valence-electron chi connectivity index (χ0n) is 18.8. The second kappa shape index (κ2) is 15.2. The fourth-order valence-corrected chi connectivity index (χ4v) is 2.36. The van der Waals surface area contributed by atoms with Crippen molar-refractivity contribution in [3.05, 3.63) is 23.3 Å². The largest absolute Gasteiger partial charge is 0.391 e. The second-order valence-electron chi connectivity index (χ2n) is 6.28. The summed E-state index contributed by atoms with van der Waals surface area (Å²) in [5, 5.41) is 9.88. The molecule has 1 unspecified atom stereocenters. The van der Waals surface area contributed by atoms with E-state index in [-0.39, 0.29) is 0 Å². The van der Waals surface area contributed by atoms with Gasteiger partial charge in [0.2, 0.25) is 6.29 Å². The molecule has 1 aromatic carbocycles. The average molecular weight is 381 g/mol. The third-order valence-electron chi connectivity index (χ3n) is 3.93. The van der Waals surface area contributed by atoms with Crippen LogP contribution in [0.1, 0.15) is 65.5 Å². The van der Waals surface area contributed by atoms with Crippen molar-refractivity contribution in [3.63, 3.8) is 0 Å². The highest BCUT2D eigenvalue weighted by molar-refractivity contribution is 6.30. The van der Waals surface area contributed by atoms with Crippen LogP contribution in [0.3, 0.4) is 0 Å². The quantitative estimate of drug-likeness (QED) is 0.559. The van der Waals surface area contributed by atoms with Gasteiger partial charge >= 0.3 is 0 Å². The Labute approximate surface area is 166 Å². The first-order valence-corrected chi connectivity index (χ1v) is 10.0. The van der Waals surface area contributed by atoms with Gasteiger partial charge in [0.15, 0.2) is 0 Å². The lowest BCUT2D eigenvalue weighted by molar-refractivity contribution is -0.129. The number of aliphatic hydroxyl groups is 1. The molecule has 0 radical (unpaired) electrons. The van der Waals surface area contributed by atoms with Crippen LogP contribution in [0.15, 0.2) is 12.1 Å². The van der Waals surface area contributed by atoms with Crippen molar-refractivity contribution in [1.29, 1.82) is 0 Å². The lowest BCUT2D eigenvalue weighted by atomic mass is 10.1. The number of aryl methyl sites for hydroxylation is 2. The number of likely N-dealkylation sites (N-methyl/N-ethyl adjacent to an activating group) is 2. The molecule has 1 N–H and O–H groups in total. The van der Waals surface area contributed by atoms with Gasteiger partial charge in [0.1, 0.15) is 0 Å². The summed E-state index contributed by atoms with van der Waals surface area (Å²) in [6, 6.07) is 3.91. The summed E-state index contributed by atoms with van der Waals surface area (Å²) in [6.45, 7) is 16.9. The number of anilines is 2. The normalized spacial score (nSPS) is 10.6. The summed E-state index contributed by atoms with van der Waals surface area (Å²) in [7, 11) is 1.88. The molecule has 5 heteroatoms. The standard InChI is InChI=1S/C17H26N2O3.C3H8.C2H6/c1-6-14(21)10-18(5)15-8-12(3)13(4)9-16(15)19(7-2)17(22)11-20;1-3-2;1-2/h8-9,11,14,21H,6-7,10H2,1-5H3;3H2,1-2H3;1-2H3. The van der Waals surface area contributed by atoms with Crippen molar-refractivity contribution in [1.82, 2.24) is 0 Å². The van der Waals surface area contributed by atoms with E-state index in [4.69, 9.17) is 0 Å². The van der Waals surface area contributed by atoms with Crippen molar-refractivity contribution in [3.8, 4) is 0 Å². The molecule has 0 saturated carbocycles. The van der Waals surface area contributed by atoms with Gasteiger partial charge in [0.05, 0.1) is 17.5 Å². The van der Waals surface area contributed by atoms with Crippen LogP contribution in [0, 0.1) is 13.8 Å². The van der Waals surface area contributed by atoms with Gasteiger partial charge in [-0.05, 0) is 50.5 Å². The molecule has 0 aromatic heterocycles. The van der Waals surface area contributed by atoms with E-state index in [1.165, 1.54) is 11.3 Å². The zero-order valence-corrected chi connectivity index (χ0v) is 18.8. The molecule has 0 bridgehead atoms. The number of aliphatic hydroxyl groups excluding tert-OH is 1. The fraction of sp³-hybridized carbons (Fsp3) is 0.636. The van der Waals surface area contributed by atoms with E-state index in [2.05, 4.69) is 13.8 Å². The molecular weight excluding hydrogens is 340 g/mol. The predicted molar refractivity (Wildman–Crippen MR) is 117 cm³/mol. The van der Waals surface area contributed by atoms with Gasteiger partial charge < -0.3 is 14.9 Å². The molecular formula is C22H40N2O3. The minimum absolute atomic E-state index is 0.337. The Balaban J connectivity index is 0. The number of benzene rings is 1. The minimum atomic E-state index is -0.559. The van der Waals surface area contributed by atoms with Gasteiger partial charge in [-0.2, -0.15) is 0 Å². The van der Waals surface area contributed by atoms with Gasteiger partial charge in [0.25, 0.3) is 5.91 Å². The average Bonchev–Trinajstić information content (AvgIpc) is 2.66. The molecule has 0 aliphatic heterocycles. The summed E-state index contributed by atoms with van der Waals surface area (Å²) >= 11 is 0. The lowest BCUT2D eigenvalue weighted by Gasteiger charge is -2.29. The number of hydrogen-bond donors (Lipinski definition) is 1. The third kappa shape index (κ3) is 9.05. The maximum Gasteiger partial charge on any atom is 0.291 e. The van der Waals surface area contributed by atoms with E-state index in [1.54, 1.807) is 0 Å². The van der Waals surface area contributed by atoms with Crippen LogP contribution < -0.4 is 9.80 Å². The van der Waals surface area contributed by atoms with Crippen molar-refractivity contribution in [2.24, 2.45) is 0 Å². The minimum Gasteiger partial charge on any atom is -0.391 e. The van der Waals surface area contributed by atoms with Crippen LogP contribution in [0.4, 0.5) is 11.4 Å². The Morgan fingerprint density at radius 3 is 1.89 bits per heavy atom. The molecule has 1 aromatic rings. The number of aldehydes is 1. The van der Waals surface area contributed by atoms with E-state index < -0.39 is 12.0 Å². The van der Waals surface area contributed by atoms with Crippen LogP contribution in [-0.4, -0.2) is 43.5 Å². The molecule has 1 amide bonds. The monoisotopic (exact) mass is 380 g/mol. The van der Waals surface area contributed by atoms with Gasteiger partial charge in [-0.3, -0.25) is 9.59 Å². The number of hydrogen-bond acceptors (Lipinski definition) is 4. The molecule has 0 heterocycles. The van der Waals surface area contributed by atoms with Crippen LogP contribution in [-0.2, 0) is 9.59 Å². The van der Waals surface area contributed by atoms with Crippen molar-refractivity contribution < 1.29 is 14.7 Å². The maximum absolute atomic E-state index is 11.9. The van der Waals surface area contributed by atoms with Crippen LogP contribution in [0.2, 0.25) is 0 Å². The highest BCUT2D eigenvalue weighted by atomic mass is 16.3. The maximum atomic E-state index is 11.9. The molecule has 27 heavy (non-hydrogen) atoms. The molecule has 0 aliphatic carbocycles. The molecule has 1 rings (SSSR count). The topological polar surface area (TPSA) is 60.9 Å². The highest BCUT2D eigenvalue weighted by Crippen LogP contribution is 2.32. The lowest BCUT2D eigenvalue weighted by Crippen LogP contribution is -2.35. The van der Waals surface area contributed by atoms with E-state index in [1.807, 2.05) is 65.6 Å². The van der Waals surface area contributed by atoms with Crippen LogP contribution in [0.25, 0.3) is 0 Å². The first-order chi connectivity index (χ1) is 12.8. The SMILES string of the molecule is CC.CCC.CCC(O)CN(C)c1cc(C)c(C)cc1N(CC)C(=O)C=O. The van der Waals surface area contributed by atoms with E-state index in [0.717, 1.165) is 16.8 Å². The summed E-state index contributed by atoms with van der Waals surface area (Å²) < 4.78 is 0. The van der Waals surface area contributed by atoms with Crippen molar-refractivity contribution in [2.75, 3.05) is 29.9 Å². The van der Waals surface area contributed by atoms with E-state index >= 15 is 0 Å². The molecule has 0 aliphatic rings. The molecule has 0 spiro atoms. The Hall–Kier alpha value is -1.88. The van der Waals surface area contributed by atoms with Gasteiger partial charge in [-0.15, -0.1) is 0 Å². The van der Waals surface area contributed by atoms with Crippen molar-refractivity contribution in [2.45, 2.75) is 74.3 Å². The number of carbonyl (C=O) groups excluding carboxylic acids is 2. The Morgan fingerprint density at radius 2 is 1.52 bits per heavy atom. The molecule has 0 fully saturated rings. The third-order valence-corrected chi connectivity index (χ3v) is 3.93. The molecule has 156 valence electrons. The summed E-state index contributed by atoms with van der Waals surface area (Å²) in [6.07, 6.45) is 1.81. The summed E-state index contributed by atoms with van der Waals surface area (Å²) in [5.41, 5.74) is 3.70. The first-order valence-electron chi connectivity index (χ1n) is 10.0. The van der Waals surface area contributed by atoms with Gasteiger partial charge in [-0.1, -0.05) is 41.0 Å². The van der Waals surface area contributed by atoms with E-state index in [9.17, 15) is 14.7 Å².